The predicted octanol–water partition coefficient (Wildman–Crippen LogP) is 0.360. The van der Waals surface area contributed by atoms with Gasteiger partial charge in [0.05, 0.1) is 19.6 Å². The molecule has 0 amide bonds. The van der Waals surface area contributed by atoms with E-state index in [-0.39, 0.29) is 0 Å². The Balaban J connectivity index is 0.000000280. The third-order valence-electron chi connectivity index (χ3n) is 2.82. The number of rotatable bonds is 4. The van der Waals surface area contributed by atoms with Crippen molar-refractivity contribution < 1.29 is 51.9 Å². The van der Waals surface area contributed by atoms with Crippen LogP contribution in [0.15, 0.2) is 68.1 Å². The monoisotopic (exact) mass is 476 g/mol. The molecule has 0 saturated carbocycles. The second kappa shape index (κ2) is 8.21. The molecule has 0 aromatic heterocycles. The summed E-state index contributed by atoms with van der Waals surface area (Å²) in [5, 5.41) is 0. The maximum Gasteiger partial charge on any atom is 0.294 e. The fourth-order valence-corrected chi connectivity index (χ4v) is 3.67. The lowest BCUT2D eigenvalue weighted by atomic mass is 10.4. The third-order valence-corrected chi connectivity index (χ3v) is 6.26. The predicted molar refractivity (Wildman–Crippen MR) is 92.1 cm³/mol. The quantitative estimate of drug-likeness (QED) is 0.440. The van der Waals surface area contributed by atoms with Crippen LogP contribution in [0.3, 0.4) is 0 Å². The maximum atomic E-state index is 10.6. The molecule has 4 N–H and O–H groups in total. The smallest absolute Gasteiger partial charge is 0.282 e. The Labute approximate surface area is 160 Å². The van der Waals surface area contributed by atoms with Gasteiger partial charge in [0.15, 0.2) is 0 Å². The summed E-state index contributed by atoms with van der Waals surface area (Å²) in [7, 11) is -17.6. The van der Waals surface area contributed by atoms with Gasteiger partial charge in [0, 0.05) is 0 Å². The van der Waals surface area contributed by atoms with Crippen molar-refractivity contribution in [1.29, 1.82) is 0 Å². The highest BCUT2D eigenvalue weighted by atomic mass is 32.2. The number of hydrogen-bond acceptors (Lipinski definition) is 8. The molecule has 12 nitrogen and oxygen atoms in total. The van der Waals surface area contributed by atoms with Gasteiger partial charge in [-0.3, -0.25) is 18.2 Å². The largest absolute Gasteiger partial charge is 0.294 e. The second-order valence-electron chi connectivity index (χ2n) is 4.85. The molecule has 2 aromatic rings. The summed E-state index contributed by atoms with van der Waals surface area (Å²) in [5.41, 5.74) is 0. The summed E-state index contributed by atoms with van der Waals surface area (Å²) < 4.78 is 119. The van der Waals surface area contributed by atoms with Gasteiger partial charge in [-0.15, -0.1) is 0 Å². The minimum absolute atomic E-state index is 0.440. The van der Waals surface area contributed by atoms with Gasteiger partial charge in [-0.05, 0) is 42.5 Å². The fraction of sp³-hybridized carbons (Fsp3) is 0. The number of hydrogen-bond donors (Lipinski definition) is 4. The van der Waals surface area contributed by atoms with Crippen molar-refractivity contribution in [2.75, 3.05) is 0 Å². The average molecular weight is 476 g/mol. The van der Waals surface area contributed by atoms with E-state index >= 15 is 0 Å². The van der Waals surface area contributed by atoms with Crippen LogP contribution in [0.4, 0.5) is 0 Å². The molecule has 0 aliphatic heterocycles. The van der Waals surface area contributed by atoms with Crippen molar-refractivity contribution in [1.82, 2.24) is 0 Å². The molecule has 0 saturated heterocycles. The topological polar surface area (TPSA) is 217 Å². The van der Waals surface area contributed by atoms with E-state index in [9.17, 15) is 33.7 Å². The molecule has 0 bridgehead atoms. The highest BCUT2D eigenvalue weighted by Gasteiger charge is 2.15. The molecule has 2 aromatic carbocycles. The van der Waals surface area contributed by atoms with Crippen LogP contribution in [-0.2, 0) is 40.5 Å². The molecule has 0 heterocycles. The zero-order valence-electron chi connectivity index (χ0n) is 13.3. The van der Waals surface area contributed by atoms with Crippen LogP contribution in [0, 0.1) is 0 Å². The van der Waals surface area contributed by atoms with Crippen LogP contribution in [0.25, 0.3) is 0 Å². The summed E-state index contributed by atoms with van der Waals surface area (Å²) in [6.07, 6.45) is 0. The SMILES string of the molecule is O=S(=O)(O)c1ccc(S(=O)(=O)O)cc1.O=S(=O)(O)c1cccc(S(=O)(=O)O)c1. The first-order chi connectivity index (χ1) is 12.4. The second-order valence-corrected chi connectivity index (χ2v) is 10.5. The molecule has 0 spiro atoms. The third kappa shape index (κ3) is 7.24. The van der Waals surface area contributed by atoms with Gasteiger partial charge in [0.25, 0.3) is 40.5 Å². The summed E-state index contributed by atoms with van der Waals surface area (Å²) in [4.78, 5) is -2.06. The average Bonchev–Trinajstić information content (AvgIpc) is 2.52. The molecule has 156 valence electrons. The Kier molecular flexibility index (Phi) is 7.07. The van der Waals surface area contributed by atoms with E-state index in [0.29, 0.717) is 6.07 Å². The highest BCUT2D eigenvalue weighted by Crippen LogP contribution is 2.15. The zero-order valence-corrected chi connectivity index (χ0v) is 16.6. The van der Waals surface area contributed by atoms with E-state index < -0.39 is 60.1 Å². The summed E-state index contributed by atoms with van der Waals surface area (Å²) in [6, 6.07) is 7.25. The first kappa shape index (κ1) is 24.1. The minimum atomic E-state index is -4.46. The molecule has 0 unspecified atom stereocenters. The minimum Gasteiger partial charge on any atom is -0.282 e. The van der Waals surface area contributed by atoms with Crippen LogP contribution in [0.2, 0.25) is 0 Å². The van der Waals surface area contributed by atoms with Crippen molar-refractivity contribution in [3.8, 4) is 0 Å². The van der Waals surface area contributed by atoms with E-state index in [1.807, 2.05) is 0 Å². The molecule has 0 aliphatic rings. The standard InChI is InChI=1S/2C6H6O6S2/c7-13(8,9)5-1-2-6(4-3-5)14(10,11)12;7-13(8,9)5-2-1-3-6(4-5)14(10,11)12/h2*1-4H,(H,7,8,9)(H,10,11,12). The first-order valence-corrected chi connectivity index (χ1v) is 12.3. The van der Waals surface area contributed by atoms with E-state index in [1.54, 1.807) is 0 Å². The van der Waals surface area contributed by atoms with Crippen LogP contribution in [0.1, 0.15) is 0 Å². The molecule has 28 heavy (non-hydrogen) atoms. The van der Waals surface area contributed by atoms with Crippen LogP contribution < -0.4 is 0 Å². The van der Waals surface area contributed by atoms with Crippen molar-refractivity contribution >= 4 is 40.5 Å². The Bertz CT molecular complexity index is 1170. The van der Waals surface area contributed by atoms with Crippen molar-refractivity contribution in [3.05, 3.63) is 48.5 Å². The Morgan fingerprint density at radius 2 is 0.679 bits per heavy atom. The van der Waals surface area contributed by atoms with Gasteiger partial charge in [-0.2, -0.15) is 33.7 Å². The van der Waals surface area contributed by atoms with E-state index in [0.717, 1.165) is 42.5 Å². The molecular weight excluding hydrogens is 464 g/mol. The molecule has 0 radical (unpaired) electrons. The van der Waals surface area contributed by atoms with E-state index in [4.69, 9.17) is 18.2 Å². The molecule has 0 aliphatic carbocycles. The molecular formula is C12H12O12S4. The molecule has 0 atom stereocenters. The van der Waals surface area contributed by atoms with Crippen LogP contribution >= 0.6 is 0 Å². The summed E-state index contributed by atoms with van der Waals surface area (Å²) >= 11 is 0. The Morgan fingerprint density at radius 3 is 0.893 bits per heavy atom. The van der Waals surface area contributed by atoms with E-state index in [1.165, 1.54) is 0 Å². The Hall–Kier alpha value is -1.92. The van der Waals surface area contributed by atoms with Gasteiger partial charge in [0.1, 0.15) is 0 Å². The lowest BCUT2D eigenvalue weighted by Gasteiger charge is -1.99. The molecule has 0 fully saturated rings. The van der Waals surface area contributed by atoms with Crippen LogP contribution in [0.5, 0.6) is 0 Å². The molecule has 16 heteroatoms. The van der Waals surface area contributed by atoms with Gasteiger partial charge < -0.3 is 0 Å². The number of benzene rings is 2. The van der Waals surface area contributed by atoms with Crippen molar-refractivity contribution in [2.24, 2.45) is 0 Å². The first-order valence-electron chi connectivity index (χ1n) is 6.52. The fourth-order valence-electron chi connectivity index (χ4n) is 1.58. The maximum absolute atomic E-state index is 10.6. The normalized spacial score (nSPS) is 12.7. The summed E-state index contributed by atoms with van der Waals surface area (Å²) in [6.45, 7) is 0. The van der Waals surface area contributed by atoms with Crippen molar-refractivity contribution in [2.45, 2.75) is 19.6 Å². The van der Waals surface area contributed by atoms with Crippen molar-refractivity contribution in [3.63, 3.8) is 0 Å². The molecule has 2 rings (SSSR count). The highest BCUT2D eigenvalue weighted by molar-refractivity contribution is 7.87. The zero-order chi connectivity index (χ0) is 22.0. The van der Waals surface area contributed by atoms with Gasteiger partial charge in [-0.1, -0.05) is 6.07 Å². The van der Waals surface area contributed by atoms with Crippen LogP contribution in [-0.4, -0.2) is 51.9 Å². The van der Waals surface area contributed by atoms with Gasteiger partial charge in [0.2, 0.25) is 0 Å². The Morgan fingerprint density at radius 1 is 0.429 bits per heavy atom. The summed E-state index contributed by atoms with van der Waals surface area (Å²) in [5.74, 6) is 0. The van der Waals surface area contributed by atoms with Gasteiger partial charge in [-0.25, -0.2) is 0 Å². The lowest BCUT2D eigenvalue weighted by molar-refractivity contribution is 0.478. The lowest BCUT2D eigenvalue weighted by Crippen LogP contribution is -2.02. The van der Waals surface area contributed by atoms with E-state index in [2.05, 4.69) is 0 Å². The van der Waals surface area contributed by atoms with Gasteiger partial charge >= 0.3 is 0 Å².